The highest BCUT2D eigenvalue weighted by molar-refractivity contribution is 7.80. The Hall–Kier alpha value is -6.06. The van der Waals surface area contributed by atoms with Gasteiger partial charge in [0.05, 0.1) is 49.5 Å². The molecular formula is C96H142N2O13SSi4. The Morgan fingerprint density at radius 3 is 1.37 bits per heavy atom. The van der Waals surface area contributed by atoms with Gasteiger partial charge in [-0.25, -0.2) is 0 Å². The highest BCUT2D eigenvalue weighted by atomic mass is 32.1. The molecule has 0 bridgehead atoms. The number of nitrogens with one attached hydrogen (secondary N) is 2. The second-order valence-electron chi connectivity index (χ2n) is 35.8. The molecule has 20 heteroatoms. The Kier molecular flexibility index (Phi) is 37.5. The van der Waals surface area contributed by atoms with E-state index in [9.17, 15) is 9.59 Å². The van der Waals surface area contributed by atoms with Crippen LogP contribution in [0.4, 0.5) is 5.69 Å². The quantitative estimate of drug-likeness (QED) is 0.0212. The summed E-state index contributed by atoms with van der Waals surface area (Å²) in [6, 6.07) is 59.3. The molecule has 0 spiro atoms. The van der Waals surface area contributed by atoms with Crippen LogP contribution in [0, 0.1) is 17.8 Å². The topological polar surface area (TPSA) is 163 Å². The Morgan fingerprint density at radius 1 is 0.534 bits per heavy atom. The lowest BCUT2D eigenvalue weighted by molar-refractivity contribution is -0.161. The van der Waals surface area contributed by atoms with Gasteiger partial charge >= 0.3 is 11.9 Å². The maximum atomic E-state index is 14.2. The van der Waals surface area contributed by atoms with Gasteiger partial charge in [-0.1, -0.05) is 251 Å². The molecule has 10 rings (SSSR count). The molecule has 0 amide bonds. The molecule has 1 aromatic heterocycles. The molecule has 3 aliphatic heterocycles. The summed E-state index contributed by atoms with van der Waals surface area (Å²) in [6.45, 7) is 41.7. The summed E-state index contributed by atoms with van der Waals surface area (Å²) >= 11 is 6.12. The minimum atomic E-state index is -2.89. The fraction of sp³-hybridized carbons (Fsp3) is 0.552. The molecular weight excluding hydrogens is 1530 g/mol. The first kappa shape index (κ1) is 95.4. The van der Waals surface area contributed by atoms with E-state index in [4.69, 9.17) is 63.1 Å². The van der Waals surface area contributed by atoms with E-state index in [2.05, 4.69) is 258 Å². The van der Waals surface area contributed by atoms with E-state index in [-0.39, 0.29) is 57.6 Å². The van der Waals surface area contributed by atoms with Crippen LogP contribution in [0.25, 0.3) is 17.0 Å². The van der Waals surface area contributed by atoms with Crippen molar-refractivity contribution in [3.8, 4) is 0 Å². The number of ether oxygens (including phenoxy) is 7. The average Bonchev–Trinajstić information content (AvgIpc) is 0.843. The lowest BCUT2D eigenvalue weighted by atomic mass is 9.81. The maximum absolute atomic E-state index is 14.2. The van der Waals surface area contributed by atoms with Crippen LogP contribution in [0.3, 0.4) is 0 Å². The van der Waals surface area contributed by atoms with Crippen molar-refractivity contribution >= 4 is 106 Å². The summed E-state index contributed by atoms with van der Waals surface area (Å²) in [7, 11) is -6.71. The van der Waals surface area contributed by atoms with Crippen molar-refractivity contribution in [3.63, 3.8) is 0 Å². The van der Waals surface area contributed by atoms with Gasteiger partial charge in [-0.3, -0.25) is 9.59 Å². The van der Waals surface area contributed by atoms with Crippen molar-refractivity contribution in [3.05, 3.63) is 193 Å². The lowest BCUT2D eigenvalue weighted by Crippen LogP contribution is -2.67. The third-order valence-electron chi connectivity index (χ3n) is 23.1. The number of hydrogen-bond donors (Lipinski definition) is 2. The van der Waals surface area contributed by atoms with E-state index in [1.807, 2.05) is 42.5 Å². The van der Waals surface area contributed by atoms with Gasteiger partial charge in [0.1, 0.15) is 5.92 Å². The van der Waals surface area contributed by atoms with Crippen molar-refractivity contribution in [1.82, 2.24) is 4.98 Å². The number of H-pyrrole nitrogens is 1. The van der Waals surface area contributed by atoms with E-state index < -0.39 is 45.1 Å². The maximum Gasteiger partial charge on any atom is 0.315 e. The number of methoxy groups -OCH3 is 2. The number of thiocarbonyl (C=S) groups is 1. The zero-order valence-corrected chi connectivity index (χ0v) is 78.5. The Balaban J connectivity index is 0.000000273. The number of hydrogen-bond acceptors (Lipinski definition) is 14. The molecule has 116 heavy (non-hydrogen) atoms. The molecule has 7 aromatic rings. The molecule has 4 heterocycles. The van der Waals surface area contributed by atoms with Crippen LogP contribution in [-0.2, 0) is 66.9 Å². The van der Waals surface area contributed by atoms with Crippen LogP contribution in [0.2, 0.25) is 49.4 Å². The van der Waals surface area contributed by atoms with Gasteiger partial charge in [0.15, 0.2) is 29.2 Å². The molecule has 15 nitrogen and oxygen atoms in total. The van der Waals surface area contributed by atoms with Crippen LogP contribution < -0.4 is 26.1 Å². The Bertz CT molecular complexity index is 3970. The van der Waals surface area contributed by atoms with Gasteiger partial charge < -0.3 is 61.2 Å². The predicted molar refractivity (Wildman–Crippen MR) is 491 cm³/mol. The predicted octanol–water partition coefficient (Wildman–Crippen LogP) is 20.8. The number of aromatic nitrogens is 1. The number of fused-ring (bicyclic) bond motifs is 1. The number of para-hydroxylation sites is 2. The number of carbonyl (C=O) groups is 2. The second-order valence-corrected chi connectivity index (χ2v) is 53.7. The van der Waals surface area contributed by atoms with Gasteiger partial charge in [0.25, 0.3) is 16.6 Å². The van der Waals surface area contributed by atoms with Crippen LogP contribution in [0.15, 0.2) is 176 Å². The van der Waals surface area contributed by atoms with Crippen molar-refractivity contribution in [2.45, 2.75) is 257 Å². The molecule has 0 saturated carbocycles. The van der Waals surface area contributed by atoms with E-state index in [1.165, 1.54) is 47.8 Å². The van der Waals surface area contributed by atoms with Crippen molar-refractivity contribution in [2.24, 2.45) is 17.8 Å². The standard InChI is InChI=1S/C46H67NO6SSi2.C46H67NO6Si2.C4H8O/c1-10-46(11-2,53-55(7,8)9)34-36(35-52-56(45(3,4)5,38-25-14-12-15-26-38)39-27-16-13-17-28-39)33-40(44(48)49-6)43(54)47-41-29-19-18-23-37(41)24-22-32-51-42-30-20-21-31-50-42;1-10-46(11-2,53-54(7,8)9)33-35(34-52-55(45(3,4)5,36-22-14-12-15-23-36)37-24-16-13-17-25-37)32-40(44(48)49-6)43-39(38-26-18-19-27-41(38)47-43)29-31-51-42-28-20-21-30-50-42;1-2-4-5-3-1/h12-19,22-29,36,40,42H,10-11,20-21,30-35H2,1-9H3,(H,47,54);12-19,22-27,35,40,42,47H,10-11,20-21,28-34H2,1-9H3;1-4H2/b24-22-;;/t36-,40?,42?;35-,40?,42?;/m11./s1. The Morgan fingerprint density at radius 2 is 0.957 bits per heavy atom. The number of rotatable bonds is 39. The summed E-state index contributed by atoms with van der Waals surface area (Å²) in [5, 5.41) is 9.10. The molecule has 3 fully saturated rings. The van der Waals surface area contributed by atoms with Crippen LogP contribution in [0.1, 0.15) is 195 Å². The Labute approximate surface area is 707 Å². The molecule has 0 aliphatic carbocycles. The number of carbonyl (C=O) groups excluding carboxylic acids is 2. The summed E-state index contributed by atoms with van der Waals surface area (Å²) in [5.74, 6) is -1.95. The molecule has 636 valence electrons. The average molecular weight is 1680 g/mol. The van der Waals surface area contributed by atoms with Crippen LogP contribution >= 0.6 is 12.2 Å². The summed E-state index contributed by atoms with van der Waals surface area (Å²) < 4.78 is 69.3. The normalized spacial score (nSPS) is 17.1. The SMILES string of the molecule is C1CCOC1.CCC(CC)(C[C@H](CO[Si](c1ccccc1)(c1ccccc1)C(C)(C)C)CC(C(=O)OC)C(=S)Nc1ccccc1/C=C\COC1CCCCO1)O[Si](C)(C)C.CCC(CC)(C[C@H](CO[Si](c1ccccc1)(c1ccccc1)C(C)(C)C)CC(C(=O)OC)c1[nH]c2ccccc2c1CCOC1CCCCO1)O[Si](C)(C)C. The fourth-order valence-corrected chi connectivity index (χ4v) is 30.3. The third-order valence-corrected chi connectivity index (χ3v) is 35.6. The largest absolute Gasteiger partial charge is 0.469 e. The third kappa shape index (κ3) is 27.0. The van der Waals surface area contributed by atoms with E-state index in [0.717, 1.165) is 137 Å². The fourth-order valence-electron chi connectivity index (χ4n) is 17.4. The molecule has 6 atom stereocenters. The zero-order valence-electron chi connectivity index (χ0n) is 73.7. The molecule has 3 saturated heterocycles. The van der Waals surface area contributed by atoms with E-state index in [1.54, 1.807) is 0 Å². The minimum Gasteiger partial charge on any atom is -0.469 e. The number of anilines is 1. The van der Waals surface area contributed by atoms with Gasteiger partial charge in [-0.15, -0.1) is 0 Å². The molecule has 4 unspecified atom stereocenters. The van der Waals surface area contributed by atoms with E-state index in [0.29, 0.717) is 50.7 Å². The lowest BCUT2D eigenvalue weighted by Gasteiger charge is -2.45. The summed E-state index contributed by atoms with van der Waals surface area (Å²) in [4.78, 5) is 32.1. The van der Waals surface area contributed by atoms with Crippen LogP contribution in [0.5, 0.6) is 0 Å². The molecule has 2 N–H and O–H groups in total. The highest BCUT2D eigenvalue weighted by Gasteiger charge is 2.53. The van der Waals surface area contributed by atoms with Crippen molar-refractivity contribution < 1.29 is 60.5 Å². The molecule has 3 aliphatic rings. The smallest absolute Gasteiger partial charge is 0.315 e. The van der Waals surface area contributed by atoms with Gasteiger partial charge in [-0.05, 0) is 214 Å². The second kappa shape index (κ2) is 45.5. The molecule has 6 aromatic carbocycles. The number of aromatic amines is 1. The summed E-state index contributed by atoms with van der Waals surface area (Å²) in [6.07, 6.45) is 19.1. The molecule has 0 radical (unpaired) electrons. The minimum absolute atomic E-state index is 0.0202. The van der Waals surface area contributed by atoms with Gasteiger partial charge in [0, 0.05) is 61.9 Å². The monoisotopic (exact) mass is 1670 g/mol. The van der Waals surface area contributed by atoms with Crippen LogP contribution in [-0.4, -0.2) is 146 Å². The highest BCUT2D eigenvalue weighted by Crippen LogP contribution is 2.44. The first-order valence-corrected chi connectivity index (χ1v) is 54.2. The first-order chi connectivity index (χ1) is 55.4. The first-order valence-electron chi connectivity index (χ1n) is 43.2. The van der Waals surface area contributed by atoms with Crippen molar-refractivity contribution in [2.75, 3.05) is 72.4 Å². The summed E-state index contributed by atoms with van der Waals surface area (Å²) in [5.41, 5.74) is 4.05. The van der Waals surface area contributed by atoms with E-state index >= 15 is 0 Å². The van der Waals surface area contributed by atoms with Gasteiger partial charge in [-0.2, -0.15) is 0 Å². The van der Waals surface area contributed by atoms with Gasteiger partial charge in [0.2, 0.25) is 0 Å². The van der Waals surface area contributed by atoms with Crippen molar-refractivity contribution in [1.29, 1.82) is 0 Å². The number of benzene rings is 6. The number of esters is 2. The zero-order chi connectivity index (χ0) is 84.1.